The molecule has 4 heterocycles. The number of hydrogen-bond donors (Lipinski definition) is 1. The number of ether oxygens (including phenoxy) is 2. The zero-order valence-corrected chi connectivity index (χ0v) is 29.4. The number of aliphatic imine (C=N–C) groups is 1. The predicted octanol–water partition coefficient (Wildman–Crippen LogP) is 5.54. The highest BCUT2D eigenvalue weighted by molar-refractivity contribution is 7.11. The summed E-state index contributed by atoms with van der Waals surface area (Å²) in [4.78, 5) is 42.8. The summed E-state index contributed by atoms with van der Waals surface area (Å²) in [5.74, 6) is -5.11. The SMILES string of the molecule is CCOC(=O)C1=C(CN2CC(F)(F)[C@@H]3[C@H]2CON3CC(F)C(C)(C)C(=O)OCc2ccccc2)NC(c2nccs2)=N[C@H]1c1cccc(F)c1C. The number of thiazole rings is 1. The molecule has 6 rings (SSSR count). The van der Waals surface area contributed by atoms with Crippen molar-refractivity contribution in [2.45, 2.75) is 64.5 Å². The Bertz CT molecular complexity index is 1810. The first-order chi connectivity index (χ1) is 24.3. The number of nitrogens with zero attached hydrogens (tertiary/aromatic N) is 4. The van der Waals surface area contributed by atoms with Gasteiger partial charge in [-0.25, -0.2) is 27.3 Å². The molecule has 1 aromatic heterocycles. The van der Waals surface area contributed by atoms with E-state index in [1.807, 2.05) is 6.07 Å². The number of nitrogens with one attached hydrogen (secondary N) is 1. The quantitative estimate of drug-likeness (QED) is 0.190. The second-order valence-electron chi connectivity index (χ2n) is 13.2. The van der Waals surface area contributed by atoms with E-state index in [1.165, 1.54) is 42.2 Å². The summed E-state index contributed by atoms with van der Waals surface area (Å²) in [6, 6.07) is 9.91. The van der Waals surface area contributed by atoms with Crippen LogP contribution in [0.2, 0.25) is 0 Å². The third-order valence-electron chi connectivity index (χ3n) is 9.49. The van der Waals surface area contributed by atoms with Gasteiger partial charge in [0.15, 0.2) is 10.8 Å². The zero-order chi connectivity index (χ0) is 36.5. The number of alkyl halides is 3. The van der Waals surface area contributed by atoms with E-state index in [4.69, 9.17) is 19.3 Å². The van der Waals surface area contributed by atoms with Crippen LogP contribution in [0.4, 0.5) is 17.6 Å². The maximum atomic E-state index is 15.9. The maximum Gasteiger partial charge on any atom is 0.338 e. The molecular formula is C36H39F4N5O5S. The normalized spacial score (nSPS) is 22.7. The molecule has 2 fully saturated rings. The molecule has 15 heteroatoms. The lowest BCUT2D eigenvalue weighted by Crippen LogP contribution is -2.50. The van der Waals surface area contributed by atoms with E-state index >= 15 is 13.2 Å². The number of esters is 2. The monoisotopic (exact) mass is 729 g/mol. The highest BCUT2D eigenvalue weighted by atomic mass is 32.1. The van der Waals surface area contributed by atoms with Gasteiger partial charge in [0.1, 0.15) is 30.7 Å². The van der Waals surface area contributed by atoms with Gasteiger partial charge in [-0.3, -0.25) is 19.5 Å². The van der Waals surface area contributed by atoms with Gasteiger partial charge in [0.05, 0.1) is 43.3 Å². The van der Waals surface area contributed by atoms with Crippen LogP contribution in [0.5, 0.6) is 0 Å². The third kappa shape index (κ3) is 7.43. The Morgan fingerprint density at radius 3 is 2.63 bits per heavy atom. The van der Waals surface area contributed by atoms with Gasteiger partial charge in [-0.2, -0.15) is 5.06 Å². The number of fused-ring (bicyclic) bond motifs is 1. The number of amidine groups is 1. The van der Waals surface area contributed by atoms with Crippen LogP contribution in [0.25, 0.3) is 0 Å². The summed E-state index contributed by atoms with van der Waals surface area (Å²) in [5.41, 5.74) is 0.0311. The Morgan fingerprint density at radius 2 is 1.92 bits per heavy atom. The van der Waals surface area contributed by atoms with E-state index in [0.717, 1.165) is 10.6 Å². The lowest BCUT2D eigenvalue weighted by molar-refractivity contribution is -0.197. The molecule has 3 aliphatic heterocycles. The number of carbonyl (C=O) groups excluding carboxylic acids is 2. The van der Waals surface area contributed by atoms with Crippen molar-refractivity contribution in [3.63, 3.8) is 0 Å². The lowest BCUT2D eigenvalue weighted by Gasteiger charge is -2.32. The standard InChI is InChI=1S/C36H39F4N5O5S/c1-5-48-33(46)28-25(42-31(32-41-14-15-51-32)43-29(28)23-12-9-13-24(37)21(23)2)16-44-20-36(39,40)30-26(44)19-50-45(30)17-27(38)35(3,4)34(47)49-18-22-10-7-6-8-11-22/h6-15,26-27,29-30H,5,16-20H2,1-4H3,(H,42,43)/t26-,27?,29+,30+/m1/s1. The number of halogens is 4. The molecule has 0 aliphatic carbocycles. The maximum absolute atomic E-state index is 15.9. The van der Waals surface area contributed by atoms with Gasteiger partial charge in [-0.05, 0) is 50.5 Å². The van der Waals surface area contributed by atoms with Crippen LogP contribution < -0.4 is 5.32 Å². The Balaban J connectivity index is 1.25. The van der Waals surface area contributed by atoms with E-state index in [2.05, 4.69) is 10.3 Å². The van der Waals surface area contributed by atoms with Gasteiger partial charge in [0.25, 0.3) is 5.92 Å². The third-order valence-corrected chi connectivity index (χ3v) is 10.3. The molecule has 3 aliphatic rings. The number of hydroxylamine groups is 2. The fourth-order valence-electron chi connectivity index (χ4n) is 6.54. The van der Waals surface area contributed by atoms with Gasteiger partial charge < -0.3 is 14.8 Å². The average Bonchev–Trinajstić information content (AvgIpc) is 3.84. The largest absolute Gasteiger partial charge is 0.463 e. The first-order valence-electron chi connectivity index (χ1n) is 16.6. The van der Waals surface area contributed by atoms with Crippen molar-refractivity contribution in [3.8, 4) is 0 Å². The molecular weight excluding hydrogens is 690 g/mol. The molecule has 0 spiro atoms. The van der Waals surface area contributed by atoms with Gasteiger partial charge in [0.2, 0.25) is 0 Å². The van der Waals surface area contributed by atoms with Gasteiger partial charge in [-0.1, -0.05) is 42.5 Å². The summed E-state index contributed by atoms with van der Waals surface area (Å²) < 4.78 is 73.3. The van der Waals surface area contributed by atoms with Crippen molar-refractivity contribution in [1.82, 2.24) is 20.3 Å². The number of benzene rings is 2. The van der Waals surface area contributed by atoms with Gasteiger partial charge >= 0.3 is 11.9 Å². The van der Waals surface area contributed by atoms with Crippen LogP contribution in [0, 0.1) is 18.2 Å². The number of hydrogen-bond acceptors (Lipinski definition) is 11. The van der Waals surface area contributed by atoms with Crippen LogP contribution in [0.3, 0.4) is 0 Å². The van der Waals surface area contributed by atoms with Crippen molar-refractivity contribution in [3.05, 3.63) is 98.9 Å². The van der Waals surface area contributed by atoms with E-state index < -0.39 is 66.5 Å². The molecule has 0 saturated carbocycles. The van der Waals surface area contributed by atoms with Gasteiger partial charge in [0, 0.05) is 23.8 Å². The summed E-state index contributed by atoms with van der Waals surface area (Å²) in [6.45, 7) is 4.23. The first-order valence-corrected chi connectivity index (χ1v) is 17.5. The molecule has 1 unspecified atom stereocenters. The molecule has 2 saturated heterocycles. The summed E-state index contributed by atoms with van der Waals surface area (Å²) >= 11 is 1.28. The smallest absolute Gasteiger partial charge is 0.338 e. The Hall–Kier alpha value is -4.18. The molecule has 4 atom stereocenters. The van der Waals surface area contributed by atoms with Crippen molar-refractivity contribution in [2.75, 3.05) is 32.8 Å². The number of aromatic nitrogens is 1. The zero-order valence-electron chi connectivity index (χ0n) is 28.6. The van der Waals surface area contributed by atoms with E-state index in [0.29, 0.717) is 10.6 Å². The molecule has 272 valence electrons. The molecule has 0 bridgehead atoms. The van der Waals surface area contributed by atoms with Crippen LogP contribution >= 0.6 is 11.3 Å². The van der Waals surface area contributed by atoms with Crippen LogP contribution in [0.15, 0.2) is 76.4 Å². The molecule has 10 nitrogen and oxygen atoms in total. The van der Waals surface area contributed by atoms with Crippen LogP contribution in [-0.2, 0) is 30.5 Å². The minimum atomic E-state index is -3.36. The summed E-state index contributed by atoms with van der Waals surface area (Å²) in [7, 11) is 0. The first kappa shape index (κ1) is 36.6. The highest BCUT2D eigenvalue weighted by Crippen LogP contribution is 2.43. The van der Waals surface area contributed by atoms with E-state index in [9.17, 15) is 14.0 Å². The minimum Gasteiger partial charge on any atom is -0.463 e. The molecule has 0 amide bonds. The highest BCUT2D eigenvalue weighted by Gasteiger charge is 2.61. The fourth-order valence-corrected chi connectivity index (χ4v) is 7.13. The molecule has 1 N–H and O–H groups in total. The number of carbonyl (C=O) groups is 2. The molecule has 0 radical (unpaired) electrons. The Labute approximate surface area is 297 Å². The van der Waals surface area contributed by atoms with Crippen molar-refractivity contribution in [1.29, 1.82) is 0 Å². The summed E-state index contributed by atoms with van der Waals surface area (Å²) in [6.07, 6.45) is -0.329. The second-order valence-corrected chi connectivity index (χ2v) is 14.1. The second kappa shape index (κ2) is 14.8. The average molecular weight is 730 g/mol. The van der Waals surface area contributed by atoms with Gasteiger partial charge in [-0.15, -0.1) is 11.3 Å². The van der Waals surface area contributed by atoms with Crippen molar-refractivity contribution in [2.24, 2.45) is 10.4 Å². The predicted molar refractivity (Wildman–Crippen MR) is 181 cm³/mol. The molecule has 3 aromatic rings. The van der Waals surface area contributed by atoms with Crippen molar-refractivity contribution >= 4 is 29.1 Å². The summed E-state index contributed by atoms with van der Waals surface area (Å²) in [5, 5.41) is 6.29. The van der Waals surface area contributed by atoms with E-state index in [-0.39, 0.29) is 49.0 Å². The van der Waals surface area contributed by atoms with E-state index in [1.54, 1.807) is 55.8 Å². The number of likely N-dealkylation sites (tertiary alicyclic amines) is 1. The molecule has 51 heavy (non-hydrogen) atoms. The number of rotatable bonds is 12. The Kier molecular flexibility index (Phi) is 10.6. The molecule has 2 aromatic carbocycles. The minimum absolute atomic E-state index is 0.0311. The van der Waals surface area contributed by atoms with Crippen molar-refractivity contribution < 1.29 is 41.5 Å². The Morgan fingerprint density at radius 1 is 1.16 bits per heavy atom. The van der Waals surface area contributed by atoms with Crippen LogP contribution in [0.1, 0.15) is 48.5 Å². The lowest BCUT2D eigenvalue weighted by atomic mass is 9.87. The van der Waals surface area contributed by atoms with Crippen LogP contribution in [-0.4, -0.2) is 89.7 Å². The fraction of sp³-hybridized carbons (Fsp3) is 0.444. The topological polar surface area (TPSA) is 106 Å².